The maximum absolute atomic E-state index is 11.7. The molecule has 0 unspecified atom stereocenters. The molecule has 0 aliphatic rings. The molecule has 0 bridgehead atoms. The Morgan fingerprint density at radius 3 is 2.31 bits per heavy atom. The van der Waals surface area contributed by atoms with Crippen LogP contribution in [-0.2, 0) is 4.74 Å². The van der Waals surface area contributed by atoms with Crippen molar-refractivity contribution in [1.29, 1.82) is 0 Å². The summed E-state index contributed by atoms with van der Waals surface area (Å²) in [7, 11) is 1.37. The summed E-state index contributed by atoms with van der Waals surface area (Å²) in [4.78, 5) is 23.3. The van der Waals surface area contributed by atoms with Crippen LogP contribution in [0, 0.1) is 6.92 Å². The lowest BCUT2D eigenvalue weighted by molar-refractivity contribution is 0.0508. The SMILES string of the molecule is COc1c(C)[nH]n(C(=O)OC(C)(C)C)c1=O. The average molecular weight is 228 g/mol. The summed E-state index contributed by atoms with van der Waals surface area (Å²) in [6.45, 7) is 6.82. The Morgan fingerprint density at radius 1 is 1.38 bits per heavy atom. The number of ether oxygens (including phenoxy) is 2. The molecule has 0 aliphatic carbocycles. The van der Waals surface area contributed by atoms with Crippen molar-refractivity contribution in [2.75, 3.05) is 7.11 Å². The van der Waals surface area contributed by atoms with Gasteiger partial charge >= 0.3 is 11.7 Å². The Hall–Kier alpha value is -1.72. The summed E-state index contributed by atoms with van der Waals surface area (Å²) in [5, 5.41) is 2.59. The number of aromatic nitrogens is 2. The van der Waals surface area contributed by atoms with Gasteiger partial charge in [-0.25, -0.2) is 4.79 Å². The minimum absolute atomic E-state index is 0.117. The van der Waals surface area contributed by atoms with E-state index in [4.69, 9.17) is 9.47 Å². The minimum atomic E-state index is -0.746. The molecule has 1 N–H and O–H groups in total. The molecule has 0 fully saturated rings. The molecule has 0 atom stereocenters. The van der Waals surface area contributed by atoms with E-state index >= 15 is 0 Å². The third-order valence-electron chi connectivity index (χ3n) is 1.80. The van der Waals surface area contributed by atoms with Gasteiger partial charge in [-0.05, 0) is 27.7 Å². The maximum Gasteiger partial charge on any atom is 0.436 e. The third-order valence-corrected chi connectivity index (χ3v) is 1.80. The smallest absolute Gasteiger partial charge is 0.436 e. The van der Waals surface area contributed by atoms with Gasteiger partial charge < -0.3 is 9.47 Å². The van der Waals surface area contributed by atoms with Crippen molar-refractivity contribution in [2.45, 2.75) is 33.3 Å². The highest BCUT2D eigenvalue weighted by molar-refractivity contribution is 5.70. The highest BCUT2D eigenvalue weighted by Gasteiger charge is 2.22. The molecule has 0 saturated heterocycles. The Morgan fingerprint density at radius 2 is 1.94 bits per heavy atom. The van der Waals surface area contributed by atoms with Gasteiger partial charge in [-0.15, -0.1) is 4.68 Å². The molecule has 6 heteroatoms. The van der Waals surface area contributed by atoms with Crippen LogP contribution in [0.25, 0.3) is 0 Å². The lowest BCUT2D eigenvalue weighted by Crippen LogP contribution is -2.32. The van der Waals surface area contributed by atoms with Crippen LogP contribution in [-0.4, -0.2) is 28.6 Å². The van der Waals surface area contributed by atoms with Gasteiger partial charge in [0.05, 0.1) is 12.8 Å². The second-order valence-corrected chi connectivity index (χ2v) is 4.39. The normalized spacial score (nSPS) is 11.3. The summed E-state index contributed by atoms with van der Waals surface area (Å²) in [6.07, 6.45) is -0.746. The lowest BCUT2D eigenvalue weighted by atomic mass is 10.2. The van der Waals surface area contributed by atoms with Crippen molar-refractivity contribution >= 4 is 6.09 Å². The fraction of sp³-hybridized carbons (Fsp3) is 0.600. The van der Waals surface area contributed by atoms with Gasteiger partial charge in [-0.1, -0.05) is 0 Å². The third kappa shape index (κ3) is 2.44. The van der Waals surface area contributed by atoms with Gasteiger partial charge in [0.15, 0.2) is 0 Å². The fourth-order valence-corrected chi connectivity index (χ4v) is 1.21. The van der Waals surface area contributed by atoms with Gasteiger partial charge in [0.2, 0.25) is 5.75 Å². The first-order valence-electron chi connectivity index (χ1n) is 4.85. The Labute approximate surface area is 93.1 Å². The van der Waals surface area contributed by atoms with E-state index in [9.17, 15) is 9.59 Å². The molecular formula is C10H16N2O4. The van der Waals surface area contributed by atoms with Gasteiger partial charge in [-0.3, -0.25) is 9.89 Å². The zero-order chi connectivity index (χ0) is 12.5. The first-order chi connectivity index (χ1) is 7.26. The number of methoxy groups -OCH3 is 1. The van der Waals surface area contributed by atoms with E-state index in [1.807, 2.05) is 0 Å². The van der Waals surface area contributed by atoms with Crippen LogP contribution in [0.5, 0.6) is 5.75 Å². The van der Waals surface area contributed by atoms with Crippen LogP contribution < -0.4 is 10.3 Å². The van der Waals surface area contributed by atoms with Gasteiger partial charge in [0.1, 0.15) is 5.60 Å². The minimum Gasteiger partial charge on any atom is -0.490 e. The number of hydrogen-bond acceptors (Lipinski definition) is 4. The molecule has 1 heterocycles. The number of H-pyrrole nitrogens is 1. The molecule has 1 aromatic heterocycles. The molecule has 0 aliphatic heterocycles. The first-order valence-corrected chi connectivity index (χ1v) is 4.85. The van der Waals surface area contributed by atoms with E-state index in [1.165, 1.54) is 7.11 Å². The number of rotatable bonds is 1. The summed E-state index contributed by atoms with van der Waals surface area (Å²) < 4.78 is 10.7. The topological polar surface area (TPSA) is 73.3 Å². The highest BCUT2D eigenvalue weighted by Crippen LogP contribution is 2.11. The molecule has 90 valence electrons. The predicted molar refractivity (Wildman–Crippen MR) is 58.0 cm³/mol. The zero-order valence-corrected chi connectivity index (χ0v) is 10.1. The number of hydrogen-bond donors (Lipinski definition) is 1. The molecule has 0 spiro atoms. The summed E-state index contributed by atoms with van der Waals surface area (Å²) in [5.41, 5.74) is -0.712. The maximum atomic E-state index is 11.7. The Kier molecular flexibility index (Phi) is 3.11. The Balaban J connectivity index is 3.07. The van der Waals surface area contributed by atoms with E-state index in [2.05, 4.69) is 5.10 Å². The highest BCUT2D eigenvalue weighted by atomic mass is 16.6. The number of nitrogens with zero attached hydrogens (tertiary/aromatic N) is 1. The summed E-state index contributed by atoms with van der Waals surface area (Å²) in [5.74, 6) is 0.117. The van der Waals surface area contributed by atoms with Crippen LogP contribution >= 0.6 is 0 Å². The molecule has 1 aromatic rings. The van der Waals surface area contributed by atoms with Gasteiger partial charge in [-0.2, -0.15) is 0 Å². The average Bonchev–Trinajstić information content (AvgIpc) is 2.38. The van der Waals surface area contributed by atoms with Crippen molar-refractivity contribution in [3.8, 4) is 5.75 Å². The molecule has 16 heavy (non-hydrogen) atoms. The van der Waals surface area contributed by atoms with Crippen molar-refractivity contribution in [3.05, 3.63) is 16.0 Å². The Bertz CT molecular complexity index is 450. The number of carbonyl (C=O) groups excluding carboxylic acids is 1. The predicted octanol–water partition coefficient (Wildman–Crippen LogP) is 1.28. The van der Waals surface area contributed by atoms with Crippen LogP contribution in [0.15, 0.2) is 4.79 Å². The molecule has 0 aromatic carbocycles. The fourth-order valence-electron chi connectivity index (χ4n) is 1.21. The molecule has 1 rings (SSSR count). The monoisotopic (exact) mass is 228 g/mol. The standard InChI is InChI=1S/C10H16N2O4/c1-6-7(15-5)8(13)12(11-6)9(14)16-10(2,3)4/h11H,1-5H3. The van der Waals surface area contributed by atoms with E-state index < -0.39 is 17.3 Å². The number of aryl methyl sites for hydroxylation is 1. The summed E-state index contributed by atoms with van der Waals surface area (Å²) in [6, 6.07) is 0. The summed E-state index contributed by atoms with van der Waals surface area (Å²) >= 11 is 0. The second-order valence-electron chi connectivity index (χ2n) is 4.39. The van der Waals surface area contributed by atoms with Crippen molar-refractivity contribution in [3.63, 3.8) is 0 Å². The van der Waals surface area contributed by atoms with Crippen LogP contribution in [0.2, 0.25) is 0 Å². The van der Waals surface area contributed by atoms with Crippen molar-refractivity contribution in [1.82, 2.24) is 9.78 Å². The lowest BCUT2D eigenvalue weighted by Gasteiger charge is -2.18. The largest absolute Gasteiger partial charge is 0.490 e. The second kappa shape index (κ2) is 4.03. The zero-order valence-electron chi connectivity index (χ0n) is 10.1. The number of aromatic amines is 1. The van der Waals surface area contributed by atoms with Crippen molar-refractivity contribution in [2.24, 2.45) is 0 Å². The molecular weight excluding hydrogens is 212 g/mol. The molecule has 0 amide bonds. The van der Waals surface area contributed by atoms with E-state index in [0.29, 0.717) is 5.69 Å². The van der Waals surface area contributed by atoms with Crippen LogP contribution in [0.3, 0.4) is 0 Å². The molecule has 0 saturated carbocycles. The number of carbonyl (C=O) groups is 1. The van der Waals surface area contributed by atoms with E-state index in [0.717, 1.165) is 4.68 Å². The molecule has 6 nitrogen and oxygen atoms in total. The van der Waals surface area contributed by atoms with Crippen LogP contribution in [0.4, 0.5) is 4.79 Å². The molecule has 0 radical (unpaired) electrons. The van der Waals surface area contributed by atoms with Gasteiger partial charge in [0, 0.05) is 0 Å². The number of nitrogens with one attached hydrogen (secondary N) is 1. The van der Waals surface area contributed by atoms with Gasteiger partial charge in [0.25, 0.3) is 0 Å². The quantitative estimate of drug-likeness (QED) is 0.785. The van der Waals surface area contributed by atoms with Crippen molar-refractivity contribution < 1.29 is 14.3 Å². The van der Waals surface area contributed by atoms with E-state index in [1.54, 1.807) is 27.7 Å². The van der Waals surface area contributed by atoms with E-state index in [-0.39, 0.29) is 5.75 Å². The first kappa shape index (κ1) is 12.4. The van der Waals surface area contributed by atoms with Crippen LogP contribution in [0.1, 0.15) is 26.5 Å².